The predicted molar refractivity (Wildman–Crippen MR) is 150 cm³/mol. The molecule has 3 aromatic carbocycles. The van der Waals surface area contributed by atoms with Gasteiger partial charge in [0.1, 0.15) is 36.0 Å². The first-order chi connectivity index (χ1) is 20.7. The first kappa shape index (κ1) is 28.4. The quantitative estimate of drug-likeness (QED) is 0.242. The molecule has 2 N–H and O–H groups in total. The highest BCUT2D eigenvalue weighted by Crippen LogP contribution is 2.31. The summed E-state index contributed by atoms with van der Waals surface area (Å²) < 4.78 is 57.8. The molecular formula is C32H26F3N3O5. The molecule has 0 bridgehead atoms. The van der Waals surface area contributed by atoms with Gasteiger partial charge in [-0.2, -0.15) is 0 Å². The van der Waals surface area contributed by atoms with Crippen molar-refractivity contribution in [1.29, 1.82) is 0 Å². The molecule has 2 aromatic heterocycles. The number of ether oxygens (including phenoxy) is 2. The van der Waals surface area contributed by atoms with Gasteiger partial charge in [-0.1, -0.05) is 18.2 Å². The van der Waals surface area contributed by atoms with E-state index in [0.29, 0.717) is 22.4 Å². The molecule has 3 heterocycles. The van der Waals surface area contributed by atoms with Crippen LogP contribution in [0.5, 0.6) is 5.88 Å². The van der Waals surface area contributed by atoms with Crippen molar-refractivity contribution in [2.75, 3.05) is 13.2 Å². The van der Waals surface area contributed by atoms with Gasteiger partial charge in [0.05, 0.1) is 41.5 Å². The highest BCUT2D eigenvalue weighted by molar-refractivity contribution is 5.92. The number of aliphatic hydroxyl groups excluding tert-OH is 1. The third kappa shape index (κ3) is 5.69. The molecule has 0 saturated carbocycles. The van der Waals surface area contributed by atoms with E-state index in [9.17, 15) is 19.4 Å². The van der Waals surface area contributed by atoms with Gasteiger partial charge in [0.25, 0.3) is 0 Å². The molecule has 0 aliphatic carbocycles. The molecule has 11 heteroatoms. The molecular weight excluding hydrogens is 563 g/mol. The van der Waals surface area contributed by atoms with Crippen LogP contribution in [0.3, 0.4) is 0 Å². The Hall–Kier alpha value is -4.74. The number of nitrogens with zero attached hydrogens (tertiary/aromatic N) is 3. The van der Waals surface area contributed by atoms with E-state index in [1.54, 1.807) is 35.8 Å². The van der Waals surface area contributed by atoms with Crippen LogP contribution >= 0.6 is 0 Å². The molecule has 220 valence electrons. The minimum atomic E-state index is -1.13. The van der Waals surface area contributed by atoms with Crippen LogP contribution in [0.25, 0.3) is 22.3 Å². The average molecular weight is 590 g/mol. The van der Waals surface area contributed by atoms with Crippen LogP contribution in [-0.4, -0.2) is 50.0 Å². The number of rotatable bonds is 8. The molecule has 6 rings (SSSR count). The fraction of sp³-hybridized carbons (Fsp3) is 0.219. The van der Waals surface area contributed by atoms with Crippen molar-refractivity contribution in [3.63, 3.8) is 0 Å². The minimum Gasteiger partial charge on any atom is -0.478 e. The first-order valence-corrected chi connectivity index (χ1v) is 13.5. The van der Waals surface area contributed by atoms with E-state index >= 15 is 8.78 Å². The van der Waals surface area contributed by atoms with Crippen molar-refractivity contribution < 1.29 is 37.7 Å². The zero-order valence-corrected chi connectivity index (χ0v) is 22.9. The lowest BCUT2D eigenvalue weighted by Crippen LogP contribution is -2.24. The Morgan fingerprint density at radius 1 is 0.977 bits per heavy atom. The minimum absolute atomic E-state index is 0.00641. The first-order valence-electron chi connectivity index (χ1n) is 13.5. The number of carboxylic acid groups (broad SMARTS) is 1. The molecule has 1 fully saturated rings. The molecule has 0 amide bonds. The zero-order valence-electron chi connectivity index (χ0n) is 22.9. The summed E-state index contributed by atoms with van der Waals surface area (Å²) in [6.45, 7) is 1.91. The molecule has 2 atom stereocenters. The number of carbonyl (C=O) groups is 1. The average Bonchev–Trinajstić information content (AvgIpc) is 3.55. The summed E-state index contributed by atoms with van der Waals surface area (Å²) in [6.07, 6.45) is -1.03. The monoisotopic (exact) mass is 589 g/mol. The van der Waals surface area contributed by atoms with Crippen LogP contribution in [0.15, 0.2) is 66.7 Å². The van der Waals surface area contributed by atoms with Gasteiger partial charge in [-0.05, 0) is 60.5 Å². The van der Waals surface area contributed by atoms with Crippen LogP contribution in [0.4, 0.5) is 13.2 Å². The number of halogens is 3. The van der Waals surface area contributed by atoms with E-state index in [-0.39, 0.29) is 54.5 Å². The Labute approximate surface area is 244 Å². The number of benzene rings is 3. The van der Waals surface area contributed by atoms with E-state index < -0.39 is 35.6 Å². The van der Waals surface area contributed by atoms with Crippen molar-refractivity contribution in [3.8, 4) is 17.1 Å². The van der Waals surface area contributed by atoms with Crippen LogP contribution in [0, 0.1) is 24.4 Å². The summed E-state index contributed by atoms with van der Waals surface area (Å²) >= 11 is 0. The van der Waals surface area contributed by atoms with Gasteiger partial charge in [-0.25, -0.2) is 27.9 Å². The van der Waals surface area contributed by atoms with Gasteiger partial charge in [-0.15, -0.1) is 0 Å². The molecule has 1 aliphatic rings. The number of hydrogen-bond donors (Lipinski definition) is 2. The number of hydrogen-bond acceptors (Lipinski definition) is 6. The summed E-state index contributed by atoms with van der Waals surface area (Å²) in [7, 11) is 0. The SMILES string of the molecule is Cc1ccc(COc2cccc(-c3cc(F)c(Cc4nc5ccc(C(=O)O)cc5n4[C@@H]4COC[C@@H]4O)cc3F)n2)c(F)c1. The van der Waals surface area contributed by atoms with Gasteiger partial charge in [0.2, 0.25) is 5.88 Å². The zero-order chi connectivity index (χ0) is 30.2. The Morgan fingerprint density at radius 3 is 2.53 bits per heavy atom. The molecule has 43 heavy (non-hydrogen) atoms. The Bertz CT molecular complexity index is 1860. The fourth-order valence-corrected chi connectivity index (χ4v) is 5.21. The van der Waals surface area contributed by atoms with Crippen LogP contribution in [0.2, 0.25) is 0 Å². The second-order valence-corrected chi connectivity index (χ2v) is 10.4. The third-order valence-electron chi connectivity index (χ3n) is 7.43. The Morgan fingerprint density at radius 2 is 1.79 bits per heavy atom. The van der Waals surface area contributed by atoms with Gasteiger partial charge >= 0.3 is 5.97 Å². The van der Waals surface area contributed by atoms with Gasteiger partial charge in [0, 0.05) is 23.6 Å². The number of aliphatic hydroxyl groups is 1. The van der Waals surface area contributed by atoms with Crippen LogP contribution in [0.1, 0.15) is 38.9 Å². The van der Waals surface area contributed by atoms with Gasteiger partial charge in [-0.3, -0.25) is 0 Å². The van der Waals surface area contributed by atoms with Gasteiger partial charge in [0.15, 0.2) is 0 Å². The van der Waals surface area contributed by atoms with Crippen molar-refractivity contribution in [3.05, 3.63) is 112 Å². The van der Waals surface area contributed by atoms with Crippen molar-refractivity contribution >= 4 is 17.0 Å². The second kappa shape index (κ2) is 11.5. The maximum absolute atomic E-state index is 15.5. The van der Waals surface area contributed by atoms with E-state index in [1.165, 1.54) is 30.3 Å². The largest absolute Gasteiger partial charge is 0.478 e. The maximum Gasteiger partial charge on any atom is 0.335 e. The molecule has 5 aromatic rings. The lowest BCUT2D eigenvalue weighted by molar-refractivity contribution is 0.0697. The van der Waals surface area contributed by atoms with Gasteiger partial charge < -0.3 is 24.3 Å². The molecule has 1 saturated heterocycles. The third-order valence-corrected chi connectivity index (χ3v) is 7.43. The van der Waals surface area contributed by atoms with Crippen molar-refractivity contribution in [2.24, 2.45) is 0 Å². The highest BCUT2D eigenvalue weighted by Gasteiger charge is 2.32. The fourth-order valence-electron chi connectivity index (χ4n) is 5.21. The number of aromatic nitrogens is 3. The highest BCUT2D eigenvalue weighted by atomic mass is 19.1. The standard InChI is InChI=1S/C32H26F3N3O5/c1-17-5-6-19(22(33)9-17)14-43-31-4-2-3-25(37-31)21-13-23(34)20(10-24(21)35)12-30-36-26-8-7-18(32(40)41)11-27(26)38(30)28-15-42-16-29(28)39/h2-11,13,28-29,39H,12,14-16H2,1H3,(H,40,41)/t28-,29+/m1/s1. The molecule has 8 nitrogen and oxygen atoms in total. The summed E-state index contributed by atoms with van der Waals surface area (Å²) in [5, 5.41) is 20.0. The molecule has 0 spiro atoms. The number of imidazole rings is 1. The lowest BCUT2D eigenvalue weighted by atomic mass is 10.0. The summed E-state index contributed by atoms with van der Waals surface area (Å²) in [6, 6.07) is 15.3. The topological polar surface area (TPSA) is 107 Å². The normalized spacial score (nSPS) is 16.6. The smallest absolute Gasteiger partial charge is 0.335 e. The molecule has 1 aliphatic heterocycles. The van der Waals surface area contributed by atoms with Crippen LogP contribution in [-0.2, 0) is 17.8 Å². The number of carboxylic acids is 1. The number of pyridine rings is 1. The predicted octanol–water partition coefficient (Wildman–Crippen LogP) is 5.62. The summed E-state index contributed by atoms with van der Waals surface area (Å²) in [4.78, 5) is 20.4. The summed E-state index contributed by atoms with van der Waals surface area (Å²) in [5.74, 6) is -2.55. The van der Waals surface area contributed by atoms with E-state index in [4.69, 9.17) is 9.47 Å². The Balaban J connectivity index is 1.30. The lowest BCUT2D eigenvalue weighted by Gasteiger charge is -2.19. The van der Waals surface area contributed by atoms with E-state index in [2.05, 4.69) is 9.97 Å². The number of aromatic carboxylic acids is 1. The van der Waals surface area contributed by atoms with E-state index in [1.807, 2.05) is 0 Å². The molecule has 0 unspecified atom stereocenters. The maximum atomic E-state index is 15.5. The van der Waals surface area contributed by atoms with Crippen LogP contribution < -0.4 is 4.74 Å². The van der Waals surface area contributed by atoms with Crippen molar-refractivity contribution in [1.82, 2.24) is 14.5 Å². The number of aryl methyl sites for hydroxylation is 1. The number of fused-ring (bicyclic) bond motifs is 1. The molecule has 0 radical (unpaired) electrons. The summed E-state index contributed by atoms with van der Waals surface area (Å²) in [5.41, 5.74) is 2.07. The Kier molecular flexibility index (Phi) is 7.59. The van der Waals surface area contributed by atoms with E-state index in [0.717, 1.165) is 17.7 Å². The second-order valence-electron chi connectivity index (χ2n) is 10.4. The van der Waals surface area contributed by atoms with Crippen molar-refractivity contribution in [2.45, 2.75) is 32.1 Å².